The van der Waals surface area contributed by atoms with Gasteiger partial charge in [0.25, 0.3) is 5.56 Å². The fraction of sp³-hybridized carbons (Fsp3) is 0.533. The maximum atomic E-state index is 12.1. The van der Waals surface area contributed by atoms with Gasteiger partial charge in [-0.25, -0.2) is 4.98 Å². The largest absolute Gasteiger partial charge is 0.339 e. The molecule has 9 heteroatoms. The lowest BCUT2D eigenvalue weighted by Crippen LogP contribution is -2.35. The van der Waals surface area contributed by atoms with Gasteiger partial charge in [0.15, 0.2) is 11.5 Å². The van der Waals surface area contributed by atoms with Crippen LogP contribution in [0.25, 0.3) is 11.0 Å². The molecule has 1 N–H and O–H groups in total. The molecule has 4 heterocycles. The monoisotopic (exact) mass is 329 g/mol. The molecule has 126 valence electrons. The Kier molecular flexibility index (Phi) is 3.64. The Hall–Kier alpha value is -2.55. The van der Waals surface area contributed by atoms with E-state index in [0.29, 0.717) is 35.1 Å². The molecule has 4 rings (SSSR count). The predicted molar refractivity (Wildman–Crippen MR) is 85.4 cm³/mol. The summed E-state index contributed by atoms with van der Waals surface area (Å²) in [7, 11) is 1.79. The van der Waals surface area contributed by atoms with Gasteiger partial charge < -0.3 is 9.51 Å². The number of hydrogen-bond donors (Lipinski definition) is 1. The SMILES string of the molecule is Cc1noc(C2CCCN(Cc3nc4c(cnn4C)c(=O)[nH]3)C2)n1. The van der Waals surface area contributed by atoms with E-state index in [0.717, 1.165) is 25.9 Å². The maximum Gasteiger partial charge on any atom is 0.262 e. The van der Waals surface area contributed by atoms with Gasteiger partial charge in [0.2, 0.25) is 5.89 Å². The van der Waals surface area contributed by atoms with Crippen LogP contribution in [0, 0.1) is 6.92 Å². The van der Waals surface area contributed by atoms with Crippen LogP contribution in [0.4, 0.5) is 0 Å². The fourth-order valence-electron chi connectivity index (χ4n) is 3.24. The highest BCUT2D eigenvalue weighted by atomic mass is 16.5. The minimum atomic E-state index is -0.149. The quantitative estimate of drug-likeness (QED) is 0.755. The van der Waals surface area contributed by atoms with Crippen LogP contribution in [-0.2, 0) is 13.6 Å². The van der Waals surface area contributed by atoms with Crippen molar-refractivity contribution in [2.45, 2.75) is 32.2 Å². The van der Waals surface area contributed by atoms with E-state index in [9.17, 15) is 4.79 Å². The van der Waals surface area contributed by atoms with E-state index in [4.69, 9.17) is 4.52 Å². The zero-order chi connectivity index (χ0) is 16.7. The van der Waals surface area contributed by atoms with Gasteiger partial charge >= 0.3 is 0 Å². The number of rotatable bonds is 3. The van der Waals surface area contributed by atoms with Crippen LogP contribution in [0.2, 0.25) is 0 Å². The van der Waals surface area contributed by atoms with Gasteiger partial charge in [-0.05, 0) is 26.3 Å². The standard InChI is InChI=1S/C15H19N7O2/c1-9-17-15(24-20-9)10-4-3-5-22(7-10)8-12-18-13-11(14(23)19-12)6-16-21(13)2/h6,10H,3-5,7-8H2,1-2H3,(H,18,19,23). The summed E-state index contributed by atoms with van der Waals surface area (Å²) in [5.41, 5.74) is 0.457. The lowest BCUT2D eigenvalue weighted by atomic mass is 9.98. The number of aryl methyl sites for hydroxylation is 2. The number of likely N-dealkylation sites (tertiary alicyclic amines) is 1. The zero-order valence-corrected chi connectivity index (χ0v) is 13.7. The van der Waals surface area contributed by atoms with Crippen LogP contribution in [0.1, 0.15) is 36.3 Å². The van der Waals surface area contributed by atoms with Crippen molar-refractivity contribution in [2.75, 3.05) is 13.1 Å². The van der Waals surface area contributed by atoms with E-state index in [1.807, 2.05) is 6.92 Å². The second-order valence-corrected chi connectivity index (χ2v) is 6.27. The highest BCUT2D eigenvalue weighted by Crippen LogP contribution is 2.26. The molecule has 1 unspecified atom stereocenters. The van der Waals surface area contributed by atoms with Gasteiger partial charge in [0.1, 0.15) is 11.2 Å². The molecule has 3 aromatic heterocycles. The second kappa shape index (κ2) is 5.82. The summed E-state index contributed by atoms with van der Waals surface area (Å²) in [5.74, 6) is 2.24. The zero-order valence-electron chi connectivity index (χ0n) is 13.7. The summed E-state index contributed by atoms with van der Waals surface area (Å²) in [6, 6.07) is 0. The van der Waals surface area contributed by atoms with Crippen molar-refractivity contribution in [3.05, 3.63) is 34.1 Å². The van der Waals surface area contributed by atoms with Crippen molar-refractivity contribution in [3.8, 4) is 0 Å². The molecule has 0 aromatic carbocycles. The molecule has 0 aliphatic carbocycles. The third kappa shape index (κ3) is 2.71. The van der Waals surface area contributed by atoms with Crippen molar-refractivity contribution in [2.24, 2.45) is 7.05 Å². The summed E-state index contributed by atoms with van der Waals surface area (Å²) < 4.78 is 6.93. The Morgan fingerprint density at radius 1 is 1.42 bits per heavy atom. The Morgan fingerprint density at radius 3 is 3.08 bits per heavy atom. The Labute approximate surface area is 137 Å². The topological polar surface area (TPSA) is 106 Å². The first-order chi connectivity index (χ1) is 11.6. The molecule has 1 fully saturated rings. The molecular weight excluding hydrogens is 310 g/mol. The molecule has 24 heavy (non-hydrogen) atoms. The summed E-state index contributed by atoms with van der Waals surface area (Å²) >= 11 is 0. The highest BCUT2D eigenvalue weighted by molar-refractivity contribution is 5.72. The second-order valence-electron chi connectivity index (χ2n) is 6.27. The van der Waals surface area contributed by atoms with Crippen molar-refractivity contribution in [3.63, 3.8) is 0 Å². The van der Waals surface area contributed by atoms with Crippen molar-refractivity contribution >= 4 is 11.0 Å². The number of nitrogens with zero attached hydrogens (tertiary/aromatic N) is 6. The molecule has 0 bridgehead atoms. The fourth-order valence-corrected chi connectivity index (χ4v) is 3.24. The molecule has 1 saturated heterocycles. The molecule has 0 spiro atoms. The van der Waals surface area contributed by atoms with Crippen LogP contribution in [0.3, 0.4) is 0 Å². The van der Waals surface area contributed by atoms with Gasteiger partial charge in [-0.1, -0.05) is 5.16 Å². The summed E-state index contributed by atoms with van der Waals surface area (Å²) in [6.07, 6.45) is 3.62. The first-order valence-corrected chi connectivity index (χ1v) is 8.03. The molecule has 3 aromatic rings. The molecule has 0 saturated carbocycles. The van der Waals surface area contributed by atoms with Crippen LogP contribution in [0.15, 0.2) is 15.5 Å². The third-order valence-corrected chi connectivity index (χ3v) is 4.42. The lowest BCUT2D eigenvalue weighted by Gasteiger charge is -2.30. The van der Waals surface area contributed by atoms with E-state index in [2.05, 4.69) is 30.1 Å². The summed E-state index contributed by atoms with van der Waals surface area (Å²) in [6.45, 7) is 4.18. The number of aromatic amines is 1. The van der Waals surface area contributed by atoms with Crippen LogP contribution >= 0.6 is 0 Å². The van der Waals surface area contributed by atoms with Gasteiger partial charge in [-0.15, -0.1) is 0 Å². The number of piperidine rings is 1. The molecular formula is C15H19N7O2. The molecule has 1 aliphatic rings. The van der Waals surface area contributed by atoms with E-state index >= 15 is 0 Å². The number of aromatic nitrogens is 6. The van der Waals surface area contributed by atoms with Crippen LogP contribution < -0.4 is 5.56 Å². The lowest BCUT2D eigenvalue weighted by molar-refractivity contribution is 0.176. The Bertz CT molecular complexity index is 925. The van der Waals surface area contributed by atoms with E-state index < -0.39 is 0 Å². The number of hydrogen-bond acceptors (Lipinski definition) is 7. The first-order valence-electron chi connectivity index (χ1n) is 8.03. The number of H-pyrrole nitrogens is 1. The van der Waals surface area contributed by atoms with Gasteiger partial charge in [-0.2, -0.15) is 10.1 Å². The smallest absolute Gasteiger partial charge is 0.262 e. The number of nitrogens with one attached hydrogen (secondary N) is 1. The van der Waals surface area contributed by atoms with E-state index in [-0.39, 0.29) is 11.5 Å². The molecule has 1 atom stereocenters. The Morgan fingerprint density at radius 2 is 2.29 bits per heavy atom. The van der Waals surface area contributed by atoms with Crippen LogP contribution in [-0.4, -0.2) is 47.9 Å². The van der Waals surface area contributed by atoms with Gasteiger partial charge in [-0.3, -0.25) is 14.4 Å². The van der Waals surface area contributed by atoms with Crippen molar-refractivity contribution < 1.29 is 4.52 Å². The first kappa shape index (κ1) is 15.0. The van der Waals surface area contributed by atoms with Gasteiger partial charge in [0.05, 0.1) is 18.7 Å². The highest BCUT2D eigenvalue weighted by Gasteiger charge is 2.26. The summed E-state index contributed by atoms with van der Waals surface area (Å²) in [4.78, 5) is 26.1. The van der Waals surface area contributed by atoms with Crippen molar-refractivity contribution in [1.82, 2.24) is 34.8 Å². The van der Waals surface area contributed by atoms with Crippen LogP contribution in [0.5, 0.6) is 0 Å². The third-order valence-electron chi connectivity index (χ3n) is 4.42. The summed E-state index contributed by atoms with van der Waals surface area (Å²) in [5, 5.41) is 8.48. The molecule has 1 aliphatic heterocycles. The minimum Gasteiger partial charge on any atom is -0.339 e. The predicted octanol–water partition coefficient (Wildman–Crippen LogP) is 0.728. The number of fused-ring (bicyclic) bond motifs is 1. The van der Waals surface area contributed by atoms with Gasteiger partial charge in [0, 0.05) is 13.6 Å². The minimum absolute atomic E-state index is 0.149. The molecule has 0 amide bonds. The average Bonchev–Trinajstić information content (AvgIpc) is 3.15. The molecule has 9 nitrogen and oxygen atoms in total. The maximum absolute atomic E-state index is 12.1. The normalized spacial score (nSPS) is 19.2. The van der Waals surface area contributed by atoms with E-state index in [1.165, 1.54) is 0 Å². The Balaban J connectivity index is 1.54. The van der Waals surface area contributed by atoms with Crippen molar-refractivity contribution in [1.29, 1.82) is 0 Å². The average molecular weight is 329 g/mol. The van der Waals surface area contributed by atoms with E-state index in [1.54, 1.807) is 17.9 Å². The molecule has 0 radical (unpaired) electrons.